The first-order valence-electron chi connectivity index (χ1n) is 6.12. The van der Waals surface area contributed by atoms with Gasteiger partial charge in [0, 0.05) is 6.07 Å². The number of rotatable bonds is 4. The number of hydrogen-bond acceptors (Lipinski definition) is 3. The topological polar surface area (TPSA) is 42.2 Å². The van der Waals surface area contributed by atoms with E-state index < -0.39 is 0 Å². The first kappa shape index (κ1) is 13.0. The first-order chi connectivity index (χ1) is 9.28. The molecule has 0 heterocycles. The Bertz CT molecular complexity index is 614. The lowest BCUT2D eigenvalue weighted by Crippen LogP contribution is -1.93. The second-order valence-corrected chi connectivity index (χ2v) is 4.04. The van der Waals surface area contributed by atoms with Gasteiger partial charge in [-0.25, -0.2) is 0 Å². The van der Waals surface area contributed by atoms with Crippen LogP contribution in [0.1, 0.15) is 18.1 Å². The SMILES string of the molecule is CCc1ccccc1Oc1cc(OC)ccc1C#N. The number of hydrogen-bond donors (Lipinski definition) is 0. The van der Waals surface area contributed by atoms with Gasteiger partial charge < -0.3 is 9.47 Å². The summed E-state index contributed by atoms with van der Waals surface area (Å²) in [6.45, 7) is 2.07. The van der Waals surface area contributed by atoms with Crippen LogP contribution in [0.5, 0.6) is 17.2 Å². The third kappa shape index (κ3) is 2.86. The summed E-state index contributed by atoms with van der Waals surface area (Å²) in [5, 5.41) is 9.12. The van der Waals surface area contributed by atoms with Crippen molar-refractivity contribution in [2.45, 2.75) is 13.3 Å². The summed E-state index contributed by atoms with van der Waals surface area (Å²) in [6, 6.07) is 15.1. The van der Waals surface area contributed by atoms with E-state index in [0.717, 1.165) is 17.7 Å². The van der Waals surface area contributed by atoms with Gasteiger partial charge in [-0.05, 0) is 30.2 Å². The molecule has 3 nitrogen and oxygen atoms in total. The average Bonchev–Trinajstić information content (AvgIpc) is 2.47. The Kier molecular flexibility index (Phi) is 4.04. The molecule has 2 aromatic carbocycles. The van der Waals surface area contributed by atoms with Crippen LogP contribution in [0.3, 0.4) is 0 Å². The monoisotopic (exact) mass is 253 g/mol. The van der Waals surface area contributed by atoms with E-state index in [-0.39, 0.29) is 0 Å². The minimum Gasteiger partial charge on any atom is -0.497 e. The van der Waals surface area contributed by atoms with E-state index in [1.807, 2.05) is 24.3 Å². The fourth-order valence-electron chi connectivity index (χ4n) is 1.82. The number of ether oxygens (including phenoxy) is 2. The molecule has 2 rings (SSSR count). The summed E-state index contributed by atoms with van der Waals surface area (Å²) in [4.78, 5) is 0. The molecular formula is C16H15NO2. The smallest absolute Gasteiger partial charge is 0.148 e. The summed E-state index contributed by atoms with van der Waals surface area (Å²) in [5.74, 6) is 1.96. The molecule has 0 spiro atoms. The highest BCUT2D eigenvalue weighted by Gasteiger charge is 2.08. The zero-order valence-electron chi connectivity index (χ0n) is 11.0. The van der Waals surface area contributed by atoms with Crippen LogP contribution >= 0.6 is 0 Å². The van der Waals surface area contributed by atoms with E-state index in [0.29, 0.717) is 17.1 Å². The van der Waals surface area contributed by atoms with Crippen molar-refractivity contribution in [3.63, 3.8) is 0 Å². The standard InChI is InChI=1S/C16H15NO2/c1-3-12-6-4-5-7-15(12)19-16-10-14(18-2)9-8-13(16)11-17/h4-10H,3H2,1-2H3. The Morgan fingerprint density at radius 1 is 1.11 bits per heavy atom. The Morgan fingerprint density at radius 2 is 1.89 bits per heavy atom. The molecule has 0 amide bonds. The molecule has 0 fully saturated rings. The molecule has 0 atom stereocenters. The second kappa shape index (κ2) is 5.92. The Labute approximate surface area is 113 Å². The summed E-state index contributed by atoms with van der Waals surface area (Å²) >= 11 is 0. The number of methoxy groups -OCH3 is 1. The zero-order valence-corrected chi connectivity index (χ0v) is 11.0. The van der Waals surface area contributed by atoms with Gasteiger partial charge in [0.2, 0.25) is 0 Å². The number of nitriles is 1. The van der Waals surface area contributed by atoms with Gasteiger partial charge in [0.1, 0.15) is 23.3 Å². The van der Waals surface area contributed by atoms with Gasteiger partial charge in [-0.2, -0.15) is 5.26 Å². The number of benzene rings is 2. The van der Waals surface area contributed by atoms with Crippen molar-refractivity contribution in [2.24, 2.45) is 0 Å². The summed E-state index contributed by atoms with van der Waals surface area (Å²) < 4.78 is 11.0. The molecule has 3 heteroatoms. The predicted octanol–water partition coefficient (Wildman–Crippen LogP) is 3.92. The molecule has 0 aliphatic carbocycles. The highest BCUT2D eigenvalue weighted by Crippen LogP contribution is 2.31. The van der Waals surface area contributed by atoms with Crippen LogP contribution in [0.2, 0.25) is 0 Å². The number of para-hydroxylation sites is 1. The quantitative estimate of drug-likeness (QED) is 0.829. The summed E-state index contributed by atoms with van der Waals surface area (Å²) in [7, 11) is 1.59. The van der Waals surface area contributed by atoms with Gasteiger partial charge in [0.25, 0.3) is 0 Å². The molecule has 0 N–H and O–H groups in total. The van der Waals surface area contributed by atoms with Crippen LogP contribution in [-0.4, -0.2) is 7.11 Å². The van der Waals surface area contributed by atoms with Crippen LogP contribution in [0.25, 0.3) is 0 Å². The van der Waals surface area contributed by atoms with Gasteiger partial charge in [-0.15, -0.1) is 0 Å². The normalized spacial score (nSPS) is 9.74. The fraction of sp³-hybridized carbons (Fsp3) is 0.188. The fourth-order valence-corrected chi connectivity index (χ4v) is 1.82. The molecule has 0 aliphatic rings. The van der Waals surface area contributed by atoms with E-state index in [9.17, 15) is 0 Å². The highest BCUT2D eigenvalue weighted by atomic mass is 16.5. The minimum absolute atomic E-state index is 0.492. The van der Waals surface area contributed by atoms with E-state index >= 15 is 0 Å². The molecular weight excluding hydrogens is 238 g/mol. The molecule has 0 aliphatic heterocycles. The largest absolute Gasteiger partial charge is 0.497 e. The predicted molar refractivity (Wildman–Crippen MR) is 73.6 cm³/mol. The van der Waals surface area contributed by atoms with Gasteiger partial charge in [-0.3, -0.25) is 0 Å². The maximum atomic E-state index is 9.12. The molecule has 0 radical (unpaired) electrons. The highest BCUT2D eigenvalue weighted by molar-refractivity contribution is 5.50. The lowest BCUT2D eigenvalue weighted by molar-refractivity contribution is 0.408. The Morgan fingerprint density at radius 3 is 2.58 bits per heavy atom. The van der Waals surface area contributed by atoms with Crippen LogP contribution in [-0.2, 0) is 6.42 Å². The molecule has 0 saturated carbocycles. The van der Waals surface area contributed by atoms with Crippen molar-refractivity contribution in [3.05, 3.63) is 53.6 Å². The third-order valence-corrected chi connectivity index (χ3v) is 2.88. The molecule has 19 heavy (non-hydrogen) atoms. The van der Waals surface area contributed by atoms with Gasteiger partial charge in [-0.1, -0.05) is 25.1 Å². The van der Waals surface area contributed by atoms with Crippen molar-refractivity contribution in [1.82, 2.24) is 0 Å². The summed E-state index contributed by atoms with van der Waals surface area (Å²) in [6.07, 6.45) is 0.877. The minimum atomic E-state index is 0.492. The van der Waals surface area contributed by atoms with Crippen molar-refractivity contribution in [3.8, 4) is 23.3 Å². The van der Waals surface area contributed by atoms with Gasteiger partial charge in [0.15, 0.2) is 0 Å². The van der Waals surface area contributed by atoms with E-state index in [2.05, 4.69) is 13.0 Å². The van der Waals surface area contributed by atoms with Crippen molar-refractivity contribution < 1.29 is 9.47 Å². The van der Waals surface area contributed by atoms with E-state index in [4.69, 9.17) is 14.7 Å². The molecule has 0 bridgehead atoms. The van der Waals surface area contributed by atoms with Crippen molar-refractivity contribution >= 4 is 0 Å². The number of aryl methyl sites for hydroxylation is 1. The summed E-state index contributed by atoms with van der Waals surface area (Å²) in [5.41, 5.74) is 1.60. The van der Waals surface area contributed by atoms with Crippen LogP contribution in [0.4, 0.5) is 0 Å². The van der Waals surface area contributed by atoms with Crippen LogP contribution < -0.4 is 9.47 Å². The lowest BCUT2D eigenvalue weighted by Gasteiger charge is -2.12. The second-order valence-electron chi connectivity index (χ2n) is 4.04. The van der Waals surface area contributed by atoms with Crippen molar-refractivity contribution in [2.75, 3.05) is 7.11 Å². The maximum absolute atomic E-state index is 9.12. The molecule has 0 aromatic heterocycles. The Hall–Kier alpha value is -2.47. The maximum Gasteiger partial charge on any atom is 0.148 e. The molecule has 2 aromatic rings. The third-order valence-electron chi connectivity index (χ3n) is 2.88. The average molecular weight is 253 g/mol. The van der Waals surface area contributed by atoms with Crippen LogP contribution in [0.15, 0.2) is 42.5 Å². The molecule has 96 valence electrons. The Balaban J connectivity index is 2.39. The van der Waals surface area contributed by atoms with E-state index in [1.54, 1.807) is 25.3 Å². The molecule has 0 saturated heterocycles. The zero-order chi connectivity index (χ0) is 13.7. The first-order valence-corrected chi connectivity index (χ1v) is 6.12. The van der Waals surface area contributed by atoms with Gasteiger partial charge in [0.05, 0.1) is 12.7 Å². The van der Waals surface area contributed by atoms with E-state index in [1.165, 1.54) is 0 Å². The number of nitrogens with zero attached hydrogens (tertiary/aromatic N) is 1. The lowest BCUT2D eigenvalue weighted by atomic mass is 10.1. The molecule has 0 unspecified atom stereocenters. The van der Waals surface area contributed by atoms with Crippen molar-refractivity contribution in [1.29, 1.82) is 5.26 Å². The van der Waals surface area contributed by atoms with Crippen LogP contribution in [0, 0.1) is 11.3 Å². The van der Waals surface area contributed by atoms with Gasteiger partial charge >= 0.3 is 0 Å².